The number of hydrogen-bond donors (Lipinski definition) is 1. The molecule has 0 heterocycles. The Hall–Kier alpha value is -0.540. The Morgan fingerprint density at radius 3 is 2.65 bits per heavy atom. The Balaban J connectivity index is 2.07. The molecule has 1 aliphatic carbocycles. The number of nitrogens with one attached hydrogen (secondary N) is 1. The van der Waals surface area contributed by atoms with Gasteiger partial charge >= 0.3 is 0 Å². The van der Waals surface area contributed by atoms with E-state index in [4.69, 9.17) is 0 Å². The van der Waals surface area contributed by atoms with Crippen LogP contribution in [0.15, 0.2) is 22.7 Å². The van der Waals surface area contributed by atoms with Crippen LogP contribution in [0.5, 0.6) is 0 Å². The SMILES string of the molecule is CCCNC(C)c1ccc(N(CC)CC2CC2)c(Br)c1. The summed E-state index contributed by atoms with van der Waals surface area (Å²) in [5.41, 5.74) is 2.70. The van der Waals surface area contributed by atoms with E-state index in [-0.39, 0.29) is 0 Å². The average Bonchev–Trinajstić information content (AvgIpc) is 3.26. The van der Waals surface area contributed by atoms with Gasteiger partial charge in [0.15, 0.2) is 0 Å². The highest BCUT2D eigenvalue weighted by Gasteiger charge is 2.24. The summed E-state index contributed by atoms with van der Waals surface area (Å²) in [4.78, 5) is 2.50. The van der Waals surface area contributed by atoms with E-state index >= 15 is 0 Å². The summed E-state index contributed by atoms with van der Waals surface area (Å²) in [6.45, 7) is 10.0. The lowest BCUT2D eigenvalue weighted by atomic mass is 10.1. The molecule has 1 unspecified atom stereocenters. The molecule has 0 radical (unpaired) electrons. The molecule has 0 saturated heterocycles. The minimum atomic E-state index is 0.416. The molecule has 0 amide bonds. The first-order chi connectivity index (χ1) is 9.65. The number of nitrogens with zero attached hydrogens (tertiary/aromatic N) is 1. The monoisotopic (exact) mass is 338 g/mol. The topological polar surface area (TPSA) is 15.3 Å². The highest BCUT2D eigenvalue weighted by molar-refractivity contribution is 9.10. The van der Waals surface area contributed by atoms with Gasteiger partial charge in [-0.1, -0.05) is 13.0 Å². The summed E-state index contributed by atoms with van der Waals surface area (Å²) in [6, 6.07) is 7.23. The zero-order valence-corrected chi connectivity index (χ0v) is 14.5. The molecule has 0 bridgehead atoms. The first kappa shape index (κ1) is 15.8. The van der Waals surface area contributed by atoms with Crippen LogP contribution in [0.2, 0.25) is 0 Å². The van der Waals surface area contributed by atoms with E-state index in [9.17, 15) is 0 Å². The highest BCUT2D eigenvalue weighted by atomic mass is 79.9. The summed E-state index contributed by atoms with van der Waals surface area (Å²) in [5, 5.41) is 3.55. The van der Waals surface area contributed by atoms with E-state index in [1.165, 1.54) is 41.5 Å². The van der Waals surface area contributed by atoms with E-state index in [2.05, 4.69) is 65.1 Å². The summed E-state index contributed by atoms with van der Waals surface area (Å²) < 4.78 is 1.22. The van der Waals surface area contributed by atoms with E-state index in [0.29, 0.717) is 6.04 Å². The van der Waals surface area contributed by atoms with Crippen LogP contribution in [0, 0.1) is 5.92 Å². The molecule has 1 aromatic rings. The third-order valence-corrected chi connectivity index (χ3v) is 4.71. The van der Waals surface area contributed by atoms with Gasteiger partial charge < -0.3 is 10.2 Å². The standard InChI is InChI=1S/C17H27BrN2/c1-4-10-19-13(3)15-8-9-17(16(18)11-15)20(5-2)12-14-6-7-14/h8-9,11,13-14,19H,4-7,10,12H2,1-3H3. The minimum Gasteiger partial charge on any atom is -0.371 e. The average molecular weight is 339 g/mol. The molecule has 1 fully saturated rings. The number of rotatable bonds is 8. The number of halogens is 1. The zero-order valence-electron chi connectivity index (χ0n) is 13.0. The first-order valence-electron chi connectivity index (χ1n) is 7.93. The molecule has 20 heavy (non-hydrogen) atoms. The third-order valence-electron chi connectivity index (χ3n) is 4.07. The van der Waals surface area contributed by atoms with Crippen molar-refractivity contribution in [2.75, 3.05) is 24.5 Å². The Labute approximate surface area is 132 Å². The number of anilines is 1. The first-order valence-corrected chi connectivity index (χ1v) is 8.72. The quantitative estimate of drug-likeness (QED) is 0.735. The summed E-state index contributed by atoms with van der Waals surface area (Å²) in [5.74, 6) is 0.923. The highest BCUT2D eigenvalue weighted by Crippen LogP contribution is 2.34. The van der Waals surface area contributed by atoms with Gasteiger partial charge in [0.2, 0.25) is 0 Å². The van der Waals surface area contributed by atoms with Crippen LogP contribution < -0.4 is 10.2 Å². The Kier molecular flexibility index (Phi) is 5.91. The van der Waals surface area contributed by atoms with Crippen LogP contribution in [0.25, 0.3) is 0 Å². The lowest BCUT2D eigenvalue weighted by Crippen LogP contribution is -2.25. The molecule has 0 spiro atoms. The molecule has 0 aliphatic heterocycles. The smallest absolute Gasteiger partial charge is 0.0510 e. The van der Waals surface area contributed by atoms with Crippen molar-refractivity contribution < 1.29 is 0 Å². The molecular weight excluding hydrogens is 312 g/mol. The molecule has 1 aromatic carbocycles. The number of benzene rings is 1. The minimum absolute atomic E-state index is 0.416. The van der Waals surface area contributed by atoms with Gasteiger partial charge in [-0.05, 0) is 79.2 Å². The molecule has 1 aliphatic rings. The van der Waals surface area contributed by atoms with Crippen molar-refractivity contribution in [1.29, 1.82) is 0 Å². The van der Waals surface area contributed by atoms with E-state index < -0.39 is 0 Å². The van der Waals surface area contributed by atoms with Crippen LogP contribution in [0.4, 0.5) is 5.69 Å². The summed E-state index contributed by atoms with van der Waals surface area (Å²) in [6.07, 6.45) is 3.99. The second-order valence-electron chi connectivity index (χ2n) is 5.87. The maximum Gasteiger partial charge on any atom is 0.0510 e. The second-order valence-corrected chi connectivity index (χ2v) is 6.72. The van der Waals surface area contributed by atoms with Crippen molar-refractivity contribution in [1.82, 2.24) is 5.32 Å². The van der Waals surface area contributed by atoms with Crippen molar-refractivity contribution in [2.45, 2.75) is 46.1 Å². The Morgan fingerprint density at radius 2 is 2.10 bits per heavy atom. The van der Waals surface area contributed by atoms with Gasteiger partial charge in [0, 0.05) is 23.6 Å². The van der Waals surface area contributed by atoms with Gasteiger partial charge in [-0.2, -0.15) is 0 Å². The van der Waals surface area contributed by atoms with Gasteiger partial charge in [-0.3, -0.25) is 0 Å². The van der Waals surface area contributed by atoms with Crippen LogP contribution >= 0.6 is 15.9 Å². The fourth-order valence-corrected chi connectivity index (χ4v) is 3.18. The normalized spacial score (nSPS) is 16.2. The van der Waals surface area contributed by atoms with Gasteiger partial charge in [-0.25, -0.2) is 0 Å². The molecule has 1 atom stereocenters. The Bertz CT molecular complexity index is 429. The van der Waals surface area contributed by atoms with E-state index in [1.54, 1.807) is 0 Å². The van der Waals surface area contributed by atoms with Crippen LogP contribution in [0.3, 0.4) is 0 Å². The molecule has 112 valence electrons. The summed E-state index contributed by atoms with van der Waals surface area (Å²) >= 11 is 3.77. The molecule has 1 N–H and O–H groups in total. The zero-order chi connectivity index (χ0) is 14.5. The molecule has 1 saturated carbocycles. The number of hydrogen-bond acceptors (Lipinski definition) is 2. The lowest BCUT2D eigenvalue weighted by molar-refractivity contribution is 0.570. The van der Waals surface area contributed by atoms with Gasteiger partial charge in [0.1, 0.15) is 0 Å². The largest absolute Gasteiger partial charge is 0.371 e. The maximum atomic E-state index is 3.77. The van der Waals surface area contributed by atoms with Crippen molar-refractivity contribution in [2.24, 2.45) is 5.92 Å². The molecule has 2 rings (SSSR count). The van der Waals surface area contributed by atoms with E-state index in [1.807, 2.05) is 0 Å². The van der Waals surface area contributed by atoms with Gasteiger partial charge in [0.05, 0.1) is 5.69 Å². The van der Waals surface area contributed by atoms with Gasteiger partial charge in [0.25, 0.3) is 0 Å². The van der Waals surface area contributed by atoms with Crippen molar-refractivity contribution in [3.63, 3.8) is 0 Å². The molecule has 0 aromatic heterocycles. The predicted molar refractivity (Wildman–Crippen MR) is 91.5 cm³/mol. The predicted octanol–water partition coefficient (Wildman–Crippen LogP) is 4.75. The fraction of sp³-hybridized carbons (Fsp3) is 0.647. The molecular formula is C17H27BrN2. The van der Waals surface area contributed by atoms with Gasteiger partial charge in [-0.15, -0.1) is 0 Å². The van der Waals surface area contributed by atoms with Crippen LogP contribution in [-0.4, -0.2) is 19.6 Å². The van der Waals surface area contributed by atoms with Crippen LogP contribution in [-0.2, 0) is 0 Å². The Morgan fingerprint density at radius 1 is 1.35 bits per heavy atom. The van der Waals surface area contributed by atoms with Crippen LogP contribution in [0.1, 0.15) is 51.6 Å². The lowest BCUT2D eigenvalue weighted by Gasteiger charge is -2.25. The van der Waals surface area contributed by atoms with Crippen molar-refractivity contribution in [3.05, 3.63) is 28.2 Å². The summed E-state index contributed by atoms with van der Waals surface area (Å²) in [7, 11) is 0. The third kappa shape index (κ3) is 4.23. The van der Waals surface area contributed by atoms with Crippen molar-refractivity contribution >= 4 is 21.6 Å². The fourth-order valence-electron chi connectivity index (χ4n) is 2.54. The van der Waals surface area contributed by atoms with E-state index in [0.717, 1.165) is 19.0 Å². The molecule has 3 heteroatoms. The maximum absolute atomic E-state index is 3.77. The molecule has 2 nitrogen and oxygen atoms in total. The van der Waals surface area contributed by atoms with Crippen molar-refractivity contribution in [3.8, 4) is 0 Å². The second kappa shape index (κ2) is 7.46.